The van der Waals surface area contributed by atoms with Crippen LogP contribution in [0.5, 0.6) is 0 Å². The number of carbonyl (C=O) groups is 1. The SMILES string of the molecule is C[C@H]1C[C@@H](C(=O)N2CCc3cc(Br)ccc32)CCN1. The third kappa shape index (κ3) is 2.56. The Balaban J connectivity index is 1.79. The molecule has 1 aromatic rings. The number of amides is 1. The molecule has 3 rings (SSSR count). The lowest BCUT2D eigenvalue weighted by Gasteiger charge is -2.30. The van der Waals surface area contributed by atoms with E-state index in [4.69, 9.17) is 0 Å². The van der Waals surface area contributed by atoms with Gasteiger partial charge in [0.1, 0.15) is 0 Å². The van der Waals surface area contributed by atoms with E-state index in [1.54, 1.807) is 0 Å². The highest BCUT2D eigenvalue weighted by molar-refractivity contribution is 9.10. The number of benzene rings is 1. The summed E-state index contributed by atoms with van der Waals surface area (Å²) < 4.78 is 1.09. The van der Waals surface area contributed by atoms with Gasteiger partial charge in [-0.05, 0) is 56.5 Å². The number of nitrogens with one attached hydrogen (secondary N) is 1. The fourth-order valence-electron chi connectivity index (χ4n) is 3.18. The van der Waals surface area contributed by atoms with E-state index in [-0.39, 0.29) is 5.92 Å². The molecule has 0 unspecified atom stereocenters. The topological polar surface area (TPSA) is 32.3 Å². The standard InChI is InChI=1S/C15H19BrN2O/c1-10-8-12(4-6-17-10)15(19)18-7-5-11-9-13(16)2-3-14(11)18/h2-3,9-10,12,17H,4-8H2,1H3/t10-,12-/m0/s1. The fraction of sp³-hybridized carbons (Fsp3) is 0.533. The van der Waals surface area contributed by atoms with Gasteiger partial charge >= 0.3 is 0 Å². The summed E-state index contributed by atoms with van der Waals surface area (Å²) in [5.41, 5.74) is 2.39. The molecule has 19 heavy (non-hydrogen) atoms. The average Bonchev–Trinajstić information content (AvgIpc) is 2.80. The monoisotopic (exact) mass is 322 g/mol. The second-order valence-electron chi connectivity index (χ2n) is 5.59. The minimum atomic E-state index is 0.186. The minimum absolute atomic E-state index is 0.186. The van der Waals surface area contributed by atoms with Crippen molar-refractivity contribution in [3.8, 4) is 0 Å². The van der Waals surface area contributed by atoms with Crippen LogP contribution < -0.4 is 10.2 Å². The normalized spacial score (nSPS) is 26.3. The molecule has 0 aliphatic carbocycles. The van der Waals surface area contributed by atoms with Crippen molar-refractivity contribution in [2.75, 3.05) is 18.0 Å². The average molecular weight is 323 g/mol. The van der Waals surface area contributed by atoms with Gasteiger partial charge in [0, 0.05) is 28.7 Å². The van der Waals surface area contributed by atoms with Gasteiger partial charge in [0.15, 0.2) is 0 Å². The quantitative estimate of drug-likeness (QED) is 0.862. The maximum Gasteiger partial charge on any atom is 0.230 e. The van der Waals surface area contributed by atoms with Crippen LogP contribution in [0.2, 0.25) is 0 Å². The number of fused-ring (bicyclic) bond motifs is 1. The molecule has 0 aromatic heterocycles. The van der Waals surface area contributed by atoms with Crippen molar-refractivity contribution in [1.82, 2.24) is 5.32 Å². The Morgan fingerprint density at radius 2 is 2.32 bits per heavy atom. The molecule has 1 amide bonds. The van der Waals surface area contributed by atoms with Gasteiger partial charge < -0.3 is 10.2 Å². The van der Waals surface area contributed by atoms with Gasteiger partial charge in [0.2, 0.25) is 5.91 Å². The first kappa shape index (κ1) is 13.1. The third-order valence-electron chi connectivity index (χ3n) is 4.18. The van der Waals surface area contributed by atoms with E-state index in [0.717, 1.165) is 42.5 Å². The first-order valence-electron chi connectivity index (χ1n) is 6.98. The number of piperidine rings is 1. The van der Waals surface area contributed by atoms with Gasteiger partial charge in [0.25, 0.3) is 0 Å². The molecule has 1 saturated heterocycles. The van der Waals surface area contributed by atoms with E-state index >= 15 is 0 Å². The summed E-state index contributed by atoms with van der Waals surface area (Å²) in [4.78, 5) is 14.7. The summed E-state index contributed by atoms with van der Waals surface area (Å²) in [6, 6.07) is 6.67. The van der Waals surface area contributed by atoms with Crippen molar-refractivity contribution in [3.05, 3.63) is 28.2 Å². The van der Waals surface area contributed by atoms with Crippen molar-refractivity contribution >= 4 is 27.5 Å². The summed E-state index contributed by atoms with van der Waals surface area (Å²) in [6.07, 6.45) is 2.90. The molecule has 3 nitrogen and oxygen atoms in total. The molecule has 2 heterocycles. The van der Waals surface area contributed by atoms with Crippen LogP contribution in [0.1, 0.15) is 25.3 Å². The molecule has 0 saturated carbocycles. The predicted octanol–water partition coefficient (Wildman–Crippen LogP) is 2.73. The first-order valence-corrected chi connectivity index (χ1v) is 7.77. The van der Waals surface area contributed by atoms with Gasteiger partial charge in [-0.3, -0.25) is 4.79 Å². The molecule has 1 aromatic carbocycles. The van der Waals surface area contributed by atoms with Crippen LogP contribution in [0.3, 0.4) is 0 Å². The molecule has 0 spiro atoms. The molecule has 2 aliphatic rings. The van der Waals surface area contributed by atoms with Gasteiger partial charge in [-0.15, -0.1) is 0 Å². The lowest BCUT2D eigenvalue weighted by molar-refractivity contribution is -0.123. The molecule has 0 radical (unpaired) electrons. The fourth-order valence-corrected chi connectivity index (χ4v) is 3.58. The van der Waals surface area contributed by atoms with Crippen LogP contribution >= 0.6 is 15.9 Å². The van der Waals surface area contributed by atoms with Crippen molar-refractivity contribution in [3.63, 3.8) is 0 Å². The Kier molecular flexibility index (Phi) is 3.63. The predicted molar refractivity (Wildman–Crippen MR) is 80.4 cm³/mol. The van der Waals surface area contributed by atoms with E-state index in [1.165, 1.54) is 5.56 Å². The molecular weight excluding hydrogens is 304 g/mol. The van der Waals surface area contributed by atoms with Gasteiger partial charge in [-0.1, -0.05) is 15.9 Å². The maximum absolute atomic E-state index is 12.7. The molecule has 1 fully saturated rings. The zero-order valence-corrected chi connectivity index (χ0v) is 12.7. The Morgan fingerprint density at radius 1 is 1.47 bits per heavy atom. The van der Waals surface area contributed by atoms with Gasteiger partial charge in [-0.25, -0.2) is 0 Å². The van der Waals surface area contributed by atoms with Crippen molar-refractivity contribution in [1.29, 1.82) is 0 Å². The number of halogens is 1. The van der Waals surface area contributed by atoms with Crippen molar-refractivity contribution < 1.29 is 4.79 Å². The molecule has 102 valence electrons. The van der Waals surface area contributed by atoms with Gasteiger partial charge in [0.05, 0.1) is 0 Å². The Morgan fingerprint density at radius 3 is 3.11 bits per heavy atom. The Hall–Kier alpha value is -0.870. The lowest BCUT2D eigenvalue weighted by Crippen LogP contribution is -2.43. The maximum atomic E-state index is 12.7. The first-order chi connectivity index (χ1) is 9.15. The van der Waals surface area contributed by atoms with Crippen LogP contribution in [0.4, 0.5) is 5.69 Å². The number of carbonyl (C=O) groups excluding carboxylic acids is 1. The minimum Gasteiger partial charge on any atom is -0.314 e. The third-order valence-corrected chi connectivity index (χ3v) is 4.67. The van der Waals surface area contributed by atoms with Crippen molar-refractivity contribution in [2.45, 2.75) is 32.2 Å². The number of hydrogen-bond donors (Lipinski definition) is 1. The smallest absolute Gasteiger partial charge is 0.230 e. The van der Waals surface area contributed by atoms with Crippen LogP contribution in [-0.4, -0.2) is 25.0 Å². The zero-order chi connectivity index (χ0) is 13.4. The van der Waals surface area contributed by atoms with E-state index in [9.17, 15) is 4.79 Å². The van der Waals surface area contributed by atoms with Crippen molar-refractivity contribution in [2.24, 2.45) is 5.92 Å². The molecule has 0 bridgehead atoms. The number of rotatable bonds is 1. The Bertz CT molecular complexity index is 503. The second-order valence-corrected chi connectivity index (χ2v) is 6.51. The second kappa shape index (κ2) is 5.25. The van der Waals surface area contributed by atoms with E-state index < -0.39 is 0 Å². The van der Waals surface area contributed by atoms with Crippen LogP contribution in [-0.2, 0) is 11.2 Å². The number of nitrogens with zero attached hydrogens (tertiary/aromatic N) is 1. The molecule has 4 heteroatoms. The van der Waals surface area contributed by atoms with E-state index in [2.05, 4.69) is 40.3 Å². The molecule has 2 atom stereocenters. The highest BCUT2D eigenvalue weighted by Crippen LogP contribution is 2.32. The lowest BCUT2D eigenvalue weighted by atomic mass is 9.92. The largest absolute Gasteiger partial charge is 0.314 e. The van der Waals surface area contributed by atoms with E-state index in [1.807, 2.05) is 11.0 Å². The summed E-state index contributed by atoms with van der Waals surface area (Å²) in [6.45, 7) is 3.95. The summed E-state index contributed by atoms with van der Waals surface area (Å²) in [5, 5.41) is 3.41. The molecular formula is C15H19BrN2O. The molecule has 1 N–H and O–H groups in total. The molecule has 2 aliphatic heterocycles. The highest BCUT2D eigenvalue weighted by atomic mass is 79.9. The van der Waals surface area contributed by atoms with Crippen LogP contribution in [0, 0.1) is 5.92 Å². The number of hydrogen-bond acceptors (Lipinski definition) is 2. The van der Waals surface area contributed by atoms with Gasteiger partial charge in [-0.2, -0.15) is 0 Å². The number of anilines is 1. The van der Waals surface area contributed by atoms with E-state index in [0.29, 0.717) is 11.9 Å². The van der Waals surface area contributed by atoms with Crippen LogP contribution in [0.15, 0.2) is 22.7 Å². The Labute approximate surface area is 122 Å². The summed E-state index contributed by atoms with van der Waals surface area (Å²) >= 11 is 3.49. The zero-order valence-electron chi connectivity index (χ0n) is 11.2. The summed E-state index contributed by atoms with van der Waals surface area (Å²) in [5.74, 6) is 0.500. The van der Waals surface area contributed by atoms with Crippen LogP contribution in [0.25, 0.3) is 0 Å². The summed E-state index contributed by atoms with van der Waals surface area (Å²) in [7, 11) is 0. The highest BCUT2D eigenvalue weighted by Gasteiger charge is 2.32.